The number of benzene rings is 2. The van der Waals surface area contributed by atoms with Crippen LogP contribution in [0.2, 0.25) is 0 Å². The summed E-state index contributed by atoms with van der Waals surface area (Å²) in [7, 11) is -4.01. The van der Waals surface area contributed by atoms with Gasteiger partial charge in [0.05, 0.1) is 34.4 Å². The third-order valence-corrected chi connectivity index (χ3v) is 9.83. The number of ether oxygens (including phenoxy) is 2. The van der Waals surface area contributed by atoms with Gasteiger partial charge in [-0.05, 0) is 69.0 Å². The van der Waals surface area contributed by atoms with E-state index in [1.165, 1.54) is 15.6 Å². The Morgan fingerprint density at radius 2 is 1.95 bits per heavy atom. The van der Waals surface area contributed by atoms with Gasteiger partial charge in [-0.3, -0.25) is 9.69 Å². The highest BCUT2D eigenvalue weighted by atomic mass is 32.2. The fraction of sp³-hybridized carbons (Fsp3) is 0.462. The molecule has 1 unspecified atom stereocenters. The Bertz CT molecular complexity index is 1420. The molecule has 2 aliphatic rings. The van der Waals surface area contributed by atoms with Crippen LogP contribution in [0.15, 0.2) is 41.3 Å². The molecule has 2 aromatic carbocycles. The van der Waals surface area contributed by atoms with E-state index < -0.39 is 27.6 Å². The van der Waals surface area contributed by atoms with Crippen LogP contribution in [0.3, 0.4) is 0 Å². The van der Waals surface area contributed by atoms with Gasteiger partial charge in [0.15, 0.2) is 16.8 Å². The Hall–Kier alpha value is -2.67. The number of fused-ring (bicyclic) bond motifs is 1. The molecule has 1 amide bonds. The molecule has 38 heavy (non-hydrogen) atoms. The van der Waals surface area contributed by atoms with Crippen LogP contribution in [0.4, 0.5) is 13.9 Å². The molecule has 0 N–H and O–H groups in total. The number of thiazole rings is 1. The van der Waals surface area contributed by atoms with E-state index in [0.29, 0.717) is 43.8 Å². The lowest BCUT2D eigenvalue weighted by molar-refractivity contribution is -0.123. The van der Waals surface area contributed by atoms with E-state index in [-0.39, 0.29) is 30.0 Å². The van der Waals surface area contributed by atoms with Gasteiger partial charge in [-0.1, -0.05) is 11.3 Å². The number of carbonyl (C=O) groups excluding carboxylic acids is 1. The topological polar surface area (TPSA) is 89.0 Å². The monoisotopic (exact) mass is 565 g/mol. The summed E-state index contributed by atoms with van der Waals surface area (Å²) < 4.78 is 66.5. The van der Waals surface area contributed by atoms with Crippen molar-refractivity contribution < 1.29 is 31.5 Å². The molecule has 0 bridgehead atoms. The van der Waals surface area contributed by atoms with Crippen molar-refractivity contribution in [3.63, 3.8) is 0 Å². The van der Waals surface area contributed by atoms with Crippen molar-refractivity contribution in [2.75, 3.05) is 37.7 Å². The highest BCUT2D eigenvalue weighted by molar-refractivity contribution is 7.89. The normalized spacial score (nSPS) is 19.2. The number of aromatic nitrogens is 1. The van der Waals surface area contributed by atoms with Crippen LogP contribution in [0.25, 0.3) is 10.2 Å². The van der Waals surface area contributed by atoms with Crippen LogP contribution in [-0.4, -0.2) is 62.6 Å². The Balaban J connectivity index is 1.34. The van der Waals surface area contributed by atoms with E-state index in [1.54, 1.807) is 4.90 Å². The number of hydrogen-bond acceptors (Lipinski definition) is 7. The summed E-state index contributed by atoms with van der Waals surface area (Å²) in [5.74, 6) is -2.11. The second kappa shape index (κ2) is 11.2. The summed E-state index contributed by atoms with van der Waals surface area (Å²) >= 11 is 1.41. The van der Waals surface area contributed by atoms with Gasteiger partial charge in [-0.25, -0.2) is 22.2 Å². The number of amides is 1. The van der Waals surface area contributed by atoms with Gasteiger partial charge in [-0.2, -0.15) is 4.31 Å². The first-order valence-electron chi connectivity index (χ1n) is 12.7. The van der Waals surface area contributed by atoms with E-state index in [1.807, 2.05) is 25.1 Å². The van der Waals surface area contributed by atoms with Gasteiger partial charge < -0.3 is 9.47 Å². The minimum Gasteiger partial charge on any atom is -0.494 e. The summed E-state index contributed by atoms with van der Waals surface area (Å²) in [5, 5.41) is 0.575. The van der Waals surface area contributed by atoms with Crippen molar-refractivity contribution >= 4 is 42.6 Å². The van der Waals surface area contributed by atoms with Crippen LogP contribution in [0.5, 0.6) is 5.75 Å². The van der Waals surface area contributed by atoms with Crippen molar-refractivity contribution in [1.82, 2.24) is 9.29 Å². The molecule has 2 aliphatic heterocycles. The maximum atomic E-state index is 13.8. The molecular formula is C26H29F2N3O5S2. The fourth-order valence-electron chi connectivity index (χ4n) is 4.87. The number of carbonyl (C=O) groups is 1. The molecule has 1 atom stereocenters. The number of piperidine rings is 1. The average Bonchev–Trinajstić information content (AvgIpc) is 3.58. The van der Waals surface area contributed by atoms with Crippen molar-refractivity contribution in [3.8, 4) is 5.75 Å². The molecular weight excluding hydrogens is 536 g/mol. The van der Waals surface area contributed by atoms with Crippen molar-refractivity contribution in [3.05, 3.63) is 48.0 Å². The molecule has 5 rings (SSSR count). The van der Waals surface area contributed by atoms with Crippen LogP contribution in [0, 0.1) is 17.6 Å². The van der Waals surface area contributed by atoms with E-state index in [2.05, 4.69) is 0 Å². The van der Waals surface area contributed by atoms with Crippen LogP contribution in [-0.2, 0) is 19.6 Å². The SMILES string of the molecule is CCOc1ccc2nc(N(CC3CCCO3)C(=O)C3CCN(S(=O)(=O)c4ccc(F)c(F)c4)CC3)sc2c1. The van der Waals surface area contributed by atoms with Gasteiger partial charge in [-0.15, -0.1) is 0 Å². The Kier molecular flexibility index (Phi) is 7.94. The van der Waals surface area contributed by atoms with Crippen LogP contribution in [0.1, 0.15) is 32.6 Å². The summed E-state index contributed by atoms with van der Waals surface area (Å²) in [5.41, 5.74) is 0.769. The molecule has 2 fully saturated rings. The molecule has 0 aliphatic carbocycles. The number of nitrogens with zero attached hydrogens (tertiary/aromatic N) is 3. The second-order valence-electron chi connectivity index (χ2n) is 9.40. The number of halogens is 2. The first kappa shape index (κ1) is 26.9. The minimum absolute atomic E-state index is 0.0845. The zero-order valence-electron chi connectivity index (χ0n) is 20.9. The molecule has 204 valence electrons. The number of sulfonamides is 1. The van der Waals surface area contributed by atoms with Crippen LogP contribution >= 0.6 is 11.3 Å². The third kappa shape index (κ3) is 5.54. The van der Waals surface area contributed by atoms with E-state index >= 15 is 0 Å². The lowest BCUT2D eigenvalue weighted by atomic mass is 9.96. The smallest absolute Gasteiger partial charge is 0.243 e. The second-order valence-corrected chi connectivity index (χ2v) is 12.3. The van der Waals surface area contributed by atoms with E-state index in [0.717, 1.165) is 40.9 Å². The first-order chi connectivity index (χ1) is 18.3. The van der Waals surface area contributed by atoms with Crippen LogP contribution < -0.4 is 9.64 Å². The predicted molar refractivity (Wildman–Crippen MR) is 140 cm³/mol. The standard InChI is InChI=1S/C26H29F2N3O5S2/c1-2-35-18-5-8-23-24(14-18)37-26(29-23)31(16-19-4-3-13-36-19)25(32)17-9-11-30(12-10-17)38(33,34)20-6-7-21(27)22(28)15-20/h5-8,14-15,17,19H,2-4,9-13,16H2,1H3. The van der Waals surface area contributed by atoms with Crippen molar-refractivity contribution in [1.29, 1.82) is 0 Å². The Labute approximate surface area is 224 Å². The molecule has 3 aromatic rings. The Morgan fingerprint density at radius 3 is 2.63 bits per heavy atom. The highest BCUT2D eigenvalue weighted by Crippen LogP contribution is 2.34. The average molecular weight is 566 g/mol. The maximum Gasteiger partial charge on any atom is 0.243 e. The van der Waals surface area contributed by atoms with Gasteiger partial charge in [0.25, 0.3) is 0 Å². The zero-order chi connectivity index (χ0) is 26.9. The van der Waals surface area contributed by atoms with Gasteiger partial charge in [0.1, 0.15) is 5.75 Å². The molecule has 3 heterocycles. The summed E-state index contributed by atoms with van der Waals surface area (Å²) in [6.07, 6.45) is 2.32. The predicted octanol–water partition coefficient (Wildman–Crippen LogP) is 4.59. The molecule has 1 aromatic heterocycles. The van der Waals surface area contributed by atoms with E-state index in [4.69, 9.17) is 14.5 Å². The lowest BCUT2D eigenvalue weighted by Crippen LogP contribution is -2.46. The lowest BCUT2D eigenvalue weighted by Gasteiger charge is -2.33. The molecule has 12 heteroatoms. The zero-order valence-corrected chi connectivity index (χ0v) is 22.6. The third-order valence-electron chi connectivity index (χ3n) is 6.90. The summed E-state index contributed by atoms with van der Waals surface area (Å²) in [6.45, 7) is 3.70. The Morgan fingerprint density at radius 1 is 1.16 bits per heavy atom. The maximum absolute atomic E-state index is 13.8. The first-order valence-corrected chi connectivity index (χ1v) is 14.9. The van der Waals surface area contributed by atoms with Gasteiger partial charge in [0.2, 0.25) is 15.9 Å². The number of hydrogen-bond donors (Lipinski definition) is 0. The van der Waals surface area contributed by atoms with Crippen molar-refractivity contribution in [2.24, 2.45) is 5.92 Å². The summed E-state index contributed by atoms with van der Waals surface area (Å²) in [4.78, 5) is 19.9. The molecule has 0 radical (unpaired) electrons. The largest absolute Gasteiger partial charge is 0.494 e. The minimum atomic E-state index is -4.01. The quantitative estimate of drug-likeness (QED) is 0.397. The van der Waals surface area contributed by atoms with Gasteiger partial charge >= 0.3 is 0 Å². The molecule has 0 saturated carbocycles. The molecule has 0 spiro atoms. The molecule has 8 nitrogen and oxygen atoms in total. The van der Waals surface area contributed by atoms with E-state index in [9.17, 15) is 22.0 Å². The molecule has 2 saturated heterocycles. The number of rotatable bonds is 8. The summed E-state index contributed by atoms with van der Waals surface area (Å²) in [6, 6.07) is 8.18. The van der Waals surface area contributed by atoms with Gasteiger partial charge in [0, 0.05) is 25.6 Å². The number of anilines is 1. The highest BCUT2D eigenvalue weighted by Gasteiger charge is 2.36. The fourth-order valence-corrected chi connectivity index (χ4v) is 7.36. The van der Waals surface area contributed by atoms with Crippen molar-refractivity contribution in [2.45, 2.75) is 43.6 Å².